The molecule has 0 aromatic heterocycles. The fourth-order valence-corrected chi connectivity index (χ4v) is 2.08. The van der Waals surface area contributed by atoms with Crippen LogP contribution < -0.4 is 4.90 Å². The van der Waals surface area contributed by atoms with E-state index in [4.69, 9.17) is 4.74 Å². The molecule has 0 atom stereocenters. The number of anilines is 1. The number of nitrogens with zero attached hydrogens (tertiary/aromatic N) is 1. The molecule has 3 nitrogen and oxygen atoms in total. The topological polar surface area (TPSA) is 29.5 Å². The van der Waals surface area contributed by atoms with Gasteiger partial charge < -0.3 is 9.64 Å². The maximum atomic E-state index is 13.0. The van der Waals surface area contributed by atoms with Crippen LogP contribution in [0.1, 0.15) is 19.4 Å². The second kappa shape index (κ2) is 6.97. The molecule has 0 fully saturated rings. The molecule has 0 unspecified atom stereocenters. The number of halogens is 4. The molecule has 1 aromatic rings. The Hall–Kier alpha value is -1.24. The zero-order valence-electron chi connectivity index (χ0n) is 11.1. The Morgan fingerprint density at radius 1 is 1.35 bits per heavy atom. The van der Waals surface area contributed by atoms with Crippen molar-refractivity contribution in [2.45, 2.75) is 20.0 Å². The van der Waals surface area contributed by atoms with Crippen molar-refractivity contribution in [2.75, 3.05) is 24.6 Å². The third kappa shape index (κ3) is 4.40. The molecule has 112 valence electrons. The van der Waals surface area contributed by atoms with Crippen LogP contribution in [0.15, 0.2) is 22.7 Å². The molecule has 0 saturated heterocycles. The van der Waals surface area contributed by atoms with E-state index in [0.717, 1.165) is 6.07 Å². The summed E-state index contributed by atoms with van der Waals surface area (Å²) in [5, 5.41) is 0. The van der Waals surface area contributed by atoms with Gasteiger partial charge >= 0.3 is 12.1 Å². The van der Waals surface area contributed by atoms with E-state index in [2.05, 4.69) is 15.9 Å². The first-order valence-electron chi connectivity index (χ1n) is 6.06. The van der Waals surface area contributed by atoms with Crippen molar-refractivity contribution in [3.8, 4) is 0 Å². The molecule has 0 aliphatic heterocycles. The maximum Gasteiger partial charge on any atom is 0.418 e. The average Bonchev–Trinajstić information content (AvgIpc) is 2.34. The smallest absolute Gasteiger partial charge is 0.418 e. The van der Waals surface area contributed by atoms with Gasteiger partial charge in [-0.25, -0.2) is 0 Å². The predicted octanol–water partition coefficient (Wildman–Crippen LogP) is 3.86. The van der Waals surface area contributed by atoms with Gasteiger partial charge in [0.15, 0.2) is 0 Å². The van der Waals surface area contributed by atoms with E-state index in [1.807, 2.05) is 0 Å². The summed E-state index contributed by atoms with van der Waals surface area (Å²) in [6.45, 7) is 3.57. The van der Waals surface area contributed by atoms with E-state index in [-0.39, 0.29) is 25.4 Å². The molecule has 7 heteroatoms. The summed E-state index contributed by atoms with van der Waals surface area (Å²) in [6.07, 6.45) is -4.47. The van der Waals surface area contributed by atoms with Gasteiger partial charge in [0.05, 0.1) is 17.9 Å². The minimum absolute atomic E-state index is 0.0394. The highest BCUT2D eigenvalue weighted by Gasteiger charge is 2.35. The van der Waals surface area contributed by atoms with E-state index in [0.29, 0.717) is 4.47 Å². The minimum Gasteiger partial charge on any atom is -0.465 e. The average molecular weight is 354 g/mol. The molecular weight excluding hydrogens is 339 g/mol. The van der Waals surface area contributed by atoms with Gasteiger partial charge in [0.2, 0.25) is 0 Å². The van der Waals surface area contributed by atoms with Gasteiger partial charge in [0.1, 0.15) is 6.54 Å². The summed E-state index contributed by atoms with van der Waals surface area (Å²) < 4.78 is 44.3. The zero-order chi connectivity index (χ0) is 15.3. The number of carbonyl (C=O) groups is 1. The molecular formula is C13H15BrF3NO2. The molecule has 0 radical (unpaired) electrons. The highest BCUT2D eigenvalue weighted by atomic mass is 79.9. The Morgan fingerprint density at radius 2 is 2.00 bits per heavy atom. The van der Waals surface area contributed by atoms with Crippen molar-refractivity contribution in [3.63, 3.8) is 0 Å². The van der Waals surface area contributed by atoms with Gasteiger partial charge in [-0.1, -0.05) is 15.9 Å². The third-order valence-corrected chi connectivity index (χ3v) is 3.11. The van der Waals surface area contributed by atoms with Crippen molar-refractivity contribution in [1.82, 2.24) is 0 Å². The maximum absolute atomic E-state index is 13.0. The number of ether oxygens (including phenoxy) is 1. The van der Waals surface area contributed by atoms with Crippen LogP contribution in [0, 0.1) is 0 Å². The van der Waals surface area contributed by atoms with Gasteiger partial charge in [0.25, 0.3) is 0 Å². The first kappa shape index (κ1) is 16.8. The Kier molecular flexibility index (Phi) is 5.86. The predicted molar refractivity (Wildman–Crippen MR) is 73.7 cm³/mol. The molecule has 0 amide bonds. The molecule has 0 N–H and O–H groups in total. The van der Waals surface area contributed by atoms with E-state index in [9.17, 15) is 18.0 Å². The van der Waals surface area contributed by atoms with Crippen LogP contribution in [0.4, 0.5) is 18.9 Å². The molecule has 20 heavy (non-hydrogen) atoms. The highest BCUT2D eigenvalue weighted by Crippen LogP contribution is 2.38. The monoisotopic (exact) mass is 353 g/mol. The molecule has 1 aromatic carbocycles. The van der Waals surface area contributed by atoms with Crippen molar-refractivity contribution in [2.24, 2.45) is 0 Å². The molecule has 0 aliphatic carbocycles. The summed E-state index contributed by atoms with van der Waals surface area (Å²) in [7, 11) is 0. The Morgan fingerprint density at radius 3 is 2.50 bits per heavy atom. The number of esters is 1. The van der Waals surface area contributed by atoms with Crippen molar-refractivity contribution >= 4 is 27.6 Å². The molecule has 1 rings (SSSR count). The van der Waals surface area contributed by atoms with Gasteiger partial charge in [-0.05, 0) is 32.0 Å². The number of rotatable bonds is 5. The highest BCUT2D eigenvalue weighted by molar-refractivity contribution is 9.10. The van der Waals surface area contributed by atoms with Crippen molar-refractivity contribution in [3.05, 3.63) is 28.2 Å². The van der Waals surface area contributed by atoms with Crippen LogP contribution in [0.5, 0.6) is 0 Å². The van der Waals surface area contributed by atoms with Gasteiger partial charge in [-0.15, -0.1) is 0 Å². The van der Waals surface area contributed by atoms with Crippen LogP contribution in [-0.2, 0) is 15.7 Å². The third-order valence-electron chi connectivity index (χ3n) is 2.61. The lowest BCUT2D eigenvalue weighted by Crippen LogP contribution is -2.32. The fourth-order valence-electron chi connectivity index (χ4n) is 1.74. The van der Waals surface area contributed by atoms with Gasteiger partial charge in [0, 0.05) is 11.0 Å². The Bertz CT molecular complexity index is 477. The second-order valence-corrected chi connectivity index (χ2v) is 4.89. The standard InChI is InChI=1S/C13H15BrF3NO2/c1-3-18(8-12(19)20-4-2)11-7-9(14)5-6-10(11)13(15,16)17/h5-7H,3-4,8H2,1-2H3. The lowest BCUT2D eigenvalue weighted by Gasteiger charge is -2.25. The molecule has 0 heterocycles. The lowest BCUT2D eigenvalue weighted by atomic mass is 10.1. The second-order valence-electron chi connectivity index (χ2n) is 3.98. The van der Waals surface area contributed by atoms with Crippen LogP contribution in [-0.4, -0.2) is 25.7 Å². The number of alkyl halides is 3. The number of hydrogen-bond donors (Lipinski definition) is 0. The number of hydrogen-bond acceptors (Lipinski definition) is 3. The summed E-state index contributed by atoms with van der Waals surface area (Å²) in [5.74, 6) is -0.553. The minimum atomic E-state index is -4.47. The first-order valence-corrected chi connectivity index (χ1v) is 6.86. The Labute approximate surface area is 123 Å². The molecule has 0 bridgehead atoms. The zero-order valence-corrected chi connectivity index (χ0v) is 12.7. The molecule has 0 saturated carbocycles. The van der Waals surface area contributed by atoms with Crippen LogP contribution in [0.2, 0.25) is 0 Å². The molecule has 0 aliphatic rings. The van der Waals surface area contributed by atoms with E-state index in [1.54, 1.807) is 13.8 Å². The van der Waals surface area contributed by atoms with Crippen LogP contribution >= 0.6 is 15.9 Å². The number of carbonyl (C=O) groups excluding carboxylic acids is 1. The lowest BCUT2D eigenvalue weighted by molar-refractivity contribution is -0.142. The number of likely N-dealkylation sites (N-methyl/N-ethyl adjacent to an activating group) is 1. The first-order chi connectivity index (χ1) is 9.29. The van der Waals surface area contributed by atoms with E-state index in [1.165, 1.54) is 17.0 Å². The Balaban J connectivity index is 3.13. The normalized spacial score (nSPS) is 11.3. The van der Waals surface area contributed by atoms with Crippen molar-refractivity contribution < 1.29 is 22.7 Å². The fraction of sp³-hybridized carbons (Fsp3) is 0.462. The van der Waals surface area contributed by atoms with E-state index >= 15 is 0 Å². The number of benzene rings is 1. The summed E-state index contributed by atoms with van der Waals surface area (Å²) >= 11 is 3.15. The van der Waals surface area contributed by atoms with Crippen molar-refractivity contribution in [1.29, 1.82) is 0 Å². The SMILES string of the molecule is CCOC(=O)CN(CC)c1cc(Br)ccc1C(F)(F)F. The largest absolute Gasteiger partial charge is 0.465 e. The summed E-state index contributed by atoms with van der Waals surface area (Å²) in [6, 6.07) is 3.67. The summed E-state index contributed by atoms with van der Waals surface area (Å²) in [4.78, 5) is 12.8. The van der Waals surface area contributed by atoms with Gasteiger partial charge in [-0.3, -0.25) is 4.79 Å². The van der Waals surface area contributed by atoms with Crippen LogP contribution in [0.25, 0.3) is 0 Å². The van der Waals surface area contributed by atoms with Crippen LogP contribution in [0.3, 0.4) is 0 Å². The molecule has 0 spiro atoms. The quantitative estimate of drug-likeness (QED) is 0.753. The summed E-state index contributed by atoms with van der Waals surface area (Å²) in [5.41, 5.74) is -0.811. The van der Waals surface area contributed by atoms with Gasteiger partial charge in [-0.2, -0.15) is 13.2 Å². The van der Waals surface area contributed by atoms with E-state index < -0.39 is 17.7 Å².